The number of fused-ring (bicyclic) bond motifs is 2. The highest BCUT2D eigenvalue weighted by Gasteiger charge is 2.37. The Morgan fingerprint density at radius 2 is 0.936 bits per heavy atom. The highest BCUT2D eigenvalue weighted by Crippen LogP contribution is 2.46. The molecule has 0 heterocycles. The molecule has 0 radical (unpaired) electrons. The van der Waals surface area contributed by atoms with Gasteiger partial charge < -0.3 is 15.7 Å². The number of phenolic OH excluding ortho intramolecular Hbond substituents is 1. The summed E-state index contributed by atoms with van der Waals surface area (Å²) >= 11 is 5.16. The average molecular weight is 693 g/mol. The van der Waals surface area contributed by atoms with E-state index >= 15 is 0 Å². The molecule has 0 bridgehead atoms. The van der Waals surface area contributed by atoms with Crippen molar-refractivity contribution in [1.82, 2.24) is 0 Å². The van der Waals surface area contributed by atoms with Crippen LogP contribution in [0.25, 0.3) is 32.7 Å². The molecule has 0 saturated carbocycles. The van der Waals surface area contributed by atoms with E-state index in [2.05, 4.69) is 10.6 Å². The van der Waals surface area contributed by atoms with Gasteiger partial charge in [0.25, 0.3) is 0 Å². The fourth-order valence-electron chi connectivity index (χ4n) is 4.95. The van der Waals surface area contributed by atoms with Gasteiger partial charge in [-0.3, -0.25) is 0 Å². The first-order valence-electron chi connectivity index (χ1n) is 13.0. The Bertz CT molecular complexity index is 2000. The number of anilines is 2. The maximum atomic E-state index is 13.5. The number of alkyl halides is 12. The lowest BCUT2D eigenvalue weighted by Crippen LogP contribution is -2.21. The number of aromatic hydroxyl groups is 1. The van der Waals surface area contributed by atoms with Gasteiger partial charge in [0, 0.05) is 22.5 Å². The SMILES string of the molecule is Oc1ccc2cc(C(F)(F)F)ccc2c1-c1c(NC(=S)Nc2cc(C(F)(F)F)cc(C(F)(F)F)c2)ccc2cc(C(F)(F)F)ccc12. The van der Waals surface area contributed by atoms with Crippen LogP contribution < -0.4 is 10.6 Å². The second kappa shape index (κ2) is 11.5. The summed E-state index contributed by atoms with van der Waals surface area (Å²) in [5, 5.41) is 15.2. The Balaban J connectivity index is 1.68. The van der Waals surface area contributed by atoms with Gasteiger partial charge in [-0.25, -0.2) is 0 Å². The predicted molar refractivity (Wildman–Crippen MR) is 155 cm³/mol. The van der Waals surface area contributed by atoms with Crippen LogP contribution in [0.4, 0.5) is 64.1 Å². The minimum Gasteiger partial charge on any atom is -0.507 e. The Hall–Kier alpha value is -4.73. The topological polar surface area (TPSA) is 44.3 Å². The van der Waals surface area contributed by atoms with Crippen LogP contribution in [-0.2, 0) is 24.7 Å². The third kappa shape index (κ3) is 7.01. The number of hydrogen-bond donors (Lipinski definition) is 3. The quantitative estimate of drug-likeness (QED) is 0.130. The molecule has 0 fully saturated rings. The zero-order valence-electron chi connectivity index (χ0n) is 22.9. The van der Waals surface area contributed by atoms with Crippen LogP contribution in [0.2, 0.25) is 0 Å². The van der Waals surface area contributed by atoms with E-state index < -0.39 is 63.5 Å². The molecular formula is C31H16F12N2OS. The first-order valence-corrected chi connectivity index (χ1v) is 13.4. The number of benzene rings is 5. The molecule has 5 aromatic rings. The van der Waals surface area contributed by atoms with Gasteiger partial charge in [-0.05, 0) is 88.4 Å². The van der Waals surface area contributed by atoms with Gasteiger partial charge in [0.15, 0.2) is 5.11 Å². The molecule has 0 aromatic heterocycles. The van der Waals surface area contributed by atoms with E-state index in [9.17, 15) is 57.8 Å². The van der Waals surface area contributed by atoms with Crippen LogP contribution in [0.15, 0.2) is 78.9 Å². The van der Waals surface area contributed by atoms with Crippen molar-refractivity contribution in [3.05, 3.63) is 101 Å². The molecule has 246 valence electrons. The Labute approximate surface area is 261 Å². The zero-order valence-corrected chi connectivity index (χ0v) is 23.7. The van der Waals surface area contributed by atoms with Crippen LogP contribution in [0.1, 0.15) is 22.3 Å². The molecular weight excluding hydrogens is 676 g/mol. The van der Waals surface area contributed by atoms with Crippen molar-refractivity contribution < 1.29 is 57.8 Å². The van der Waals surface area contributed by atoms with E-state index in [0.717, 1.165) is 42.5 Å². The van der Waals surface area contributed by atoms with Crippen molar-refractivity contribution in [2.75, 3.05) is 10.6 Å². The van der Waals surface area contributed by atoms with Gasteiger partial charge in [0.2, 0.25) is 0 Å². The molecule has 0 unspecified atom stereocenters. The molecule has 0 spiro atoms. The van der Waals surface area contributed by atoms with E-state index in [1.807, 2.05) is 0 Å². The Morgan fingerprint density at radius 3 is 1.40 bits per heavy atom. The maximum Gasteiger partial charge on any atom is 0.416 e. The summed E-state index contributed by atoms with van der Waals surface area (Å²) in [7, 11) is 0. The molecule has 3 nitrogen and oxygen atoms in total. The van der Waals surface area contributed by atoms with Crippen molar-refractivity contribution in [3.63, 3.8) is 0 Å². The number of thiocarbonyl (C=S) groups is 1. The first kappa shape index (κ1) is 33.6. The molecule has 0 aliphatic heterocycles. The summed E-state index contributed by atoms with van der Waals surface area (Å²) in [5.41, 5.74) is -6.40. The highest BCUT2D eigenvalue weighted by atomic mass is 32.1. The molecule has 3 N–H and O–H groups in total. The minimum absolute atomic E-state index is 0.0214. The molecule has 0 saturated heterocycles. The number of phenols is 1. The third-order valence-corrected chi connectivity index (χ3v) is 7.22. The fraction of sp³-hybridized carbons (Fsp3) is 0.129. The first-order chi connectivity index (χ1) is 21.6. The van der Waals surface area contributed by atoms with Gasteiger partial charge >= 0.3 is 24.7 Å². The third-order valence-electron chi connectivity index (χ3n) is 7.02. The number of rotatable bonds is 3. The maximum absolute atomic E-state index is 13.5. The number of nitrogens with one attached hydrogen (secondary N) is 2. The lowest BCUT2D eigenvalue weighted by molar-refractivity contribution is -0.143. The van der Waals surface area contributed by atoms with Gasteiger partial charge in [-0.2, -0.15) is 52.7 Å². The molecule has 5 aromatic carbocycles. The van der Waals surface area contributed by atoms with E-state index in [1.165, 1.54) is 18.2 Å². The summed E-state index contributed by atoms with van der Waals surface area (Å²) in [4.78, 5) is 0. The largest absolute Gasteiger partial charge is 0.507 e. The lowest BCUT2D eigenvalue weighted by Gasteiger charge is -2.20. The van der Waals surface area contributed by atoms with Gasteiger partial charge in [-0.15, -0.1) is 0 Å². The Kier molecular flexibility index (Phi) is 8.23. The lowest BCUT2D eigenvalue weighted by atomic mass is 9.90. The van der Waals surface area contributed by atoms with Crippen molar-refractivity contribution >= 4 is 50.2 Å². The Morgan fingerprint density at radius 1 is 0.489 bits per heavy atom. The molecule has 16 heteroatoms. The smallest absolute Gasteiger partial charge is 0.416 e. The van der Waals surface area contributed by atoms with Crippen molar-refractivity contribution in [2.24, 2.45) is 0 Å². The fourth-order valence-corrected chi connectivity index (χ4v) is 5.18. The highest BCUT2D eigenvalue weighted by molar-refractivity contribution is 7.80. The normalized spacial score (nSPS) is 12.9. The number of halogens is 12. The second-order valence-electron chi connectivity index (χ2n) is 10.2. The second-order valence-corrected chi connectivity index (χ2v) is 10.6. The summed E-state index contributed by atoms with van der Waals surface area (Å²) in [6.45, 7) is 0. The molecule has 0 amide bonds. The molecule has 5 rings (SSSR count). The zero-order chi connectivity index (χ0) is 34.7. The van der Waals surface area contributed by atoms with Crippen LogP contribution in [0.5, 0.6) is 5.75 Å². The van der Waals surface area contributed by atoms with Gasteiger partial charge in [0.1, 0.15) is 5.75 Å². The molecule has 0 atom stereocenters. The predicted octanol–water partition coefficient (Wildman–Crippen LogP) is 11.2. The van der Waals surface area contributed by atoms with E-state index in [0.29, 0.717) is 12.1 Å². The summed E-state index contributed by atoms with van der Waals surface area (Å²) in [6.07, 6.45) is -19.8. The van der Waals surface area contributed by atoms with E-state index in [-0.39, 0.29) is 44.4 Å². The summed E-state index contributed by atoms with van der Waals surface area (Å²) in [6, 6.07) is 10.4. The summed E-state index contributed by atoms with van der Waals surface area (Å²) in [5.74, 6) is -0.515. The van der Waals surface area contributed by atoms with Crippen molar-refractivity contribution in [2.45, 2.75) is 24.7 Å². The van der Waals surface area contributed by atoms with E-state index in [4.69, 9.17) is 12.2 Å². The molecule has 0 aliphatic rings. The van der Waals surface area contributed by atoms with E-state index in [1.54, 1.807) is 0 Å². The standard InChI is InChI=1S/C31H16F12N2OS/c32-28(33,34)16-3-5-21-14(9-16)1-7-23(25(21)26-22-6-4-17(29(35,36)37)10-15(22)2-8-24(26)46)45-27(47)44-20-12-18(30(38,39)40)11-19(13-20)31(41,42)43/h1-13,46H,(H2,44,45,47). The van der Waals surface area contributed by atoms with Crippen LogP contribution >= 0.6 is 12.2 Å². The van der Waals surface area contributed by atoms with Crippen LogP contribution in [0, 0.1) is 0 Å². The van der Waals surface area contributed by atoms with Crippen LogP contribution in [0.3, 0.4) is 0 Å². The average Bonchev–Trinajstić information content (AvgIpc) is 2.95. The van der Waals surface area contributed by atoms with Gasteiger partial charge in [0.05, 0.1) is 22.3 Å². The minimum atomic E-state index is -5.16. The van der Waals surface area contributed by atoms with Crippen molar-refractivity contribution in [1.29, 1.82) is 0 Å². The van der Waals surface area contributed by atoms with Crippen molar-refractivity contribution in [3.8, 4) is 16.9 Å². The molecule has 0 aliphatic carbocycles. The van der Waals surface area contributed by atoms with Crippen LogP contribution in [-0.4, -0.2) is 10.2 Å². The summed E-state index contributed by atoms with van der Waals surface area (Å²) < 4.78 is 161. The number of hydrogen-bond acceptors (Lipinski definition) is 2. The molecule has 47 heavy (non-hydrogen) atoms. The van der Waals surface area contributed by atoms with Gasteiger partial charge in [-0.1, -0.05) is 24.3 Å². The monoisotopic (exact) mass is 692 g/mol.